The quantitative estimate of drug-likeness (QED) is 0.480. The molecule has 3 aromatic carbocycles. The Morgan fingerprint density at radius 1 is 0.762 bits per heavy atom. The highest BCUT2D eigenvalue weighted by atomic mass is 79.9. The minimum Gasteiger partial charge on any atom is -0.398 e. The second-order valence-electron chi connectivity index (χ2n) is 5.05. The van der Waals surface area contributed by atoms with Crippen molar-refractivity contribution < 1.29 is 0 Å². The molecule has 1 aromatic heterocycles. The van der Waals surface area contributed by atoms with Crippen LogP contribution in [0.3, 0.4) is 0 Å². The van der Waals surface area contributed by atoms with E-state index in [1.807, 2.05) is 12.1 Å². The highest BCUT2D eigenvalue weighted by Gasteiger charge is 2.15. The zero-order chi connectivity index (χ0) is 14.4. The minimum absolute atomic E-state index is 0.762. The van der Waals surface area contributed by atoms with Gasteiger partial charge in [0.15, 0.2) is 0 Å². The van der Waals surface area contributed by atoms with Crippen molar-refractivity contribution in [3.05, 3.63) is 71.2 Å². The van der Waals surface area contributed by atoms with Crippen molar-refractivity contribution in [2.45, 2.75) is 0 Å². The maximum Gasteiger partial charge on any atom is 0.0553 e. The molecule has 0 amide bonds. The number of anilines is 1. The number of hydrogen-bond acceptors (Lipinski definition) is 1. The Bertz CT molecular complexity index is 955. The molecule has 1 heterocycles. The molecule has 0 aliphatic rings. The molecule has 0 unspecified atom stereocenters. The van der Waals surface area contributed by atoms with Gasteiger partial charge in [0, 0.05) is 22.1 Å². The van der Waals surface area contributed by atoms with Gasteiger partial charge in [-0.05, 0) is 46.3 Å². The number of nitrogens with zero attached hydrogens (tertiary/aromatic N) is 1. The Kier molecular flexibility index (Phi) is 2.76. The summed E-state index contributed by atoms with van der Waals surface area (Å²) in [5.74, 6) is 0. The Balaban J connectivity index is 2.26. The van der Waals surface area contributed by atoms with Crippen LogP contribution in [0, 0.1) is 0 Å². The van der Waals surface area contributed by atoms with Crippen LogP contribution < -0.4 is 5.73 Å². The lowest BCUT2D eigenvalue weighted by Gasteiger charge is -2.07. The molecule has 0 spiro atoms. The molecule has 0 atom stereocenters. The maximum absolute atomic E-state index is 6.07. The standard InChI is InChI=1S/C18H13BrN2/c19-18-14(20)10-11-16-17(18)13-8-4-5-9-15(13)21(16)12-6-2-1-3-7-12/h1-11H,20H2. The number of benzene rings is 3. The molecule has 0 radical (unpaired) electrons. The molecule has 102 valence electrons. The van der Waals surface area contributed by atoms with Gasteiger partial charge in [0.1, 0.15) is 0 Å². The van der Waals surface area contributed by atoms with Crippen LogP contribution in [0.5, 0.6) is 0 Å². The molecule has 2 nitrogen and oxygen atoms in total. The second-order valence-corrected chi connectivity index (χ2v) is 5.84. The molecule has 0 fully saturated rings. The maximum atomic E-state index is 6.07. The van der Waals surface area contributed by atoms with Gasteiger partial charge in [-0.15, -0.1) is 0 Å². The van der Waals surface area contributed by atoms with Crippen LogP contribution >= 0.6 is 15.9 Å². The van der Waals surface area contributed by atoms with E-state index in [1.54, 1.807) is 0 Å². The molecule has 0 aliphatic carbocycles. The lowest BCUT2D eigenvalue weighted by Crippen LogP contribution is -1.93. The summed E-state index contributed by atoms with van der Waals surface area (Å²) in [6, 6.07) is 22.8. The van der Waals surface area contributed by atoms with Crippen molar-refractivity contribution in [1.82, 2.24) is 4.57 Å². The first kappa shape index (κ1) is 12.5. The van der Waals surface area contributed by atoms with Gasteiger partial charge in [-0.2, -0.15) is 0 Å². The van der Waals surface area contributed by atoms with Gasteiger partial charge < -0.3 is 10.3 Å². The lowest BCUT2D eigenvalue weighted by atomic mass is 10.1. The zero-order valence-corrected chi connectivity index (χ0v) is 12.8. The van der Waals surface area contributed by atoms with Gasteiger partial charge in [0.2, 0.25) is 0 Å². The molecule has 4 aromatic rings. The van der Waals surface area contributed by atoms with E-state index in [0.29, 0.717) is 0 Å². The molecular formula is C18H13BrN2. The Labute approximate surface area is 130 Å². The second kappa shape index (κ2) is 4.64. The summed E-state index contributed by atoms with van der Waals surface area (Å²) in [5, 5.41) is 2.37. The van der Waals surface area contributed by atoms with Crippen molar-refractivity contribution >= 4 is 43.4 Å². The van der Waals surface area contributed by atoms with E-state index in [1.165, 1.54) is 10.9 Å². The van der Waals surface area contributed by atoms with E-state index in [9.17, 15) is 0 Å². The van der Waals surface area contributed by atoms with Crippen LogP contribution in [-0.4, -0.2) is 4.57 Å². The van der Waals surface area contributed by atoms with Crippen molar-refractivity contribution in [2.24, 2.45) is 0 Å². The topological polar surface area (TPSA) is 30.9 Å². The zero-order valence-electron chi connectivity index (χ0n) is 11.3. The summed E-state index contributed by atoms with van der Waals surface area (Å²) in [6.45, 7) is 0. The fourth-order valence-corrected chi connectivity index (χ4v) is 3.44. The first-order chi connectivity index (χ1) is 10.3. The summed E-state index contributed by atoms with van der Waals surface area (Å²) in [7, 11) is 0. The lowest BCUT2D eigenvalue weighted by molar-refractivity contribution is 1.18. The van der Waals surface area contributed by atoms with Crippen molar-refractivity contribution in [3.63, 3.8) is 0 Å². The third-order valence-corrected chi connectivity index (χ3v) is 4.67. The van der Waals surface area contributed by atoms with E-state index in [4.69, 9.17) is 5.73 Å². The fraction of sp³-hybridized carbons (Fsp3) is 0. The Hall–Kier alpha value is -2.26. The highest BCUT2D eigenvalue weighted by molar-refractivity contribution is 9.10. The number of rotatable bonds is 1. The number of para-hydroxylation sites is 2. The number of fused-ring (bicyclic) bond motifs is 3. The third-order valence-electron chi connectivity index (χ3n) is 3.82. The van der Waals surface area contributed by atoms with E-state index < -0.39 is 0 Å². The van der Waals surface area contributed by atoms with Crippen LogP contribution in [0.15, 0.2) is 71.2 Å². The highest BCUT2D eigenvalue weighted by Crippen LogP contribution is 2.38. The van der Waals surface area contributed by atoms with Gasteiger partial charge in [0.05, 0.1) is 15.5 Å². The molecule has 3 heteroatoms. The van der Waals surface area contributed by atoms with E-state index >= 15 is 0 Å². The molecule has 2 N–H and O–H groups in total. The van der Waals surface area contributed by atoms with Crippen molar-refractivity contribution in [3.8, 4) is 5.69 Å². The van der Waals surface area contributed by atoms with E-state index in [0.717, 1.165) is 26.8 Å². The average Bonchev–Trinajstić information content (AvgIpc) is 2.87. The van der Waals surface area contributed by atoms with Gasteiger partial charge in [0.25, 0.3) is 0 Å². The molecule has 0 saturated heterocycles. The van der Waals surface area contributed by atoms with Crippen LogP contribution in [-0.2, 0) is 0 Å². The molecule has 21 heavy (non-hydrogen) atoms. The number of nitrogen functional groups attached to an aromatic ring is 1. The van der Waals surface area contributed by atoms with Crippen LogP contribution in [0.25, 0.3) is 27.5 Å². The summed E-state index contributed by atoms with van der Waals surface area (Å²) in [4.78, 5) is 0. The first-order valence-electron chi connectivity index (χ1n) is 6.80. The van der Waals surface area contributed by atoms with Crippen molar-refractivity contribution in [1.29, 1.82) is 0 Å². The van der Waals surface area contributed by atoms with Gasteiger partial charge in [-0.1, -0.05) is 36.4 Å². The van der Waals surface area contributed by atoms with Crippen LogP contribution in [0.4, 0.5) is 5.69 Å². The summed E-state index contributed by atoms with van der Waals surface area (Å²) in [6.07, 6.45) is 0. The average molecular weight is 337 g/mol. The van der Waals surface area contributed by atoms with Gasteiger partial charge in [-0.3, -0.25) is 0 Å². The van der Waals surface area contributed by atoms with E-state index in [2.05, 4.69) is 75.1 Å². The largest absolute Gasteiger partial charge is 0.398 e. The molecule has 4 rings (SSSR count). The Morgan fingerprint density at radius 3 is 2.29 bits per heavy atom. The van der Waals surface area contributed by atoms with Gasteiger partial charge >= 0.3 is 0 Å². The number of halogens is 1. The predicted octanol–water partition coefficient (Wildman–Crippen LogP) is 5.13. The molecule has 0 bridgehead atoms. The summed E-state index contributed by atoms with van der Waals surface area (Å²) < 4.78 is 3.24. The van der Waals surface area contributed by atoms with Crippen molar-refractivity contribution in [2.75, 3.05) is 5.73 Å². The monoisotopic (exact) mass is 336 g/mol. The third kappa shape index (κ3) is 1.78. The summed E-state index contributed by atoms with van der Waals surface area (Å²) in [5.41, 5.74) is 10.3. The SMILES string of the molecule is Nc1ccc2c(c1Br)c1ccccc1n2-c1ccccc1. The number of nitrogens with two attached hydrogens (primary N) is 1. The normalized spacial score (nSPS) is 11.3. The Morgan fingerprint density at radius 2 is 1.48 bits per heavy atom. The molecule has 0 aliphatic heterocycles. The van der Waals surface area contributed by atoms with Crippen LogP contribution in [0.2, 0.25) is 0 Å². The number of aromatic nitrogens is 1. The molecular weight excluding hydrogens is 324 g/mol. The smallest absolute Gasteiger partial charge is 0.0553 e. The van der Waals surface area contributed by atoms with Crippen LogP contribution in [0.1, 0.15) is 0 Å². The predicted molar refractivity (Wildman–Crippen MR) is 92.9 cm³/mol. The fourth-order valence-electron chi connectivity index (χ4n) is 2.89. The summed E-state index contributed by atoms with van der Waals surface area (Å²) >= 11 is 3.65. The number of hydrogen-bond donors (Lipinski definition) is 1. The molecule has 0 saturated carbocycles. The minimum atomic E-state index is 0.762. The van der Waals surface area contributed by atoms with Gasteiger partial charge in [-0.25, -0.2) is 0 Å². The van der Waals surface area contributed by atoms with E-state index in [-0.39, 0.29) is 0 Å². The first-order valence-corrected chi connectivity index (χ1v) is 7.59.